The Morgan fingerprint density at radius 1 is 0.241 bits per heavy atom. The molecule has 0 heterocycles. The maximum absolute atomic E-state index is 13.0. The summed E-state index contributed by atoms with van der Waals surface area (Å²) in [4.78, 5) is 31.2. The Morgan fingerprint density at radius 2 is 0.440 bits per heavy atom. The molecule has 0 aromatic heterocycles. The normalized spacial score (nSPS) is 13.1. The predicted molar refractivity (Wildman–Crippen MR) is 504 cm³/mol. The van der Waals surface area contributed by atoms with Crippen LogP contribution in [0.4, 0.5) is 0 Å². The van der Waals surface area contributed by atoms with Gasteiger partial charge in [-0.25, -0.2) is 0 Å². The van der Waals surface area contributed by atoms with Crippen molar-refractivity contribution in [1.82, 2.24) is 9.80 Å². The van der Waals surface area contributed by atoms with Gasteiger partial charge >= 0.3 is 29.1 Å². The van der Waals surface area contributed by atoms with Gasteiger partial charge in [0.25, 0.3) is 0 Å². The van der Waals surface area contributed by atoms with E-state index in [0.717, 1.165) is 207 Å². The summed E-state index contributed by atoms with van der Waals surface area (Å²) >= 11 is 0. The second kappa shape index (κ2) is 93.1. The Labute approximate surface area is 725 Å². The Balaban J connectivity index is 0. The number of ether oxygens (including phenoxy) is 4. The van der Waals surface area contributed by atoms with Gasteiger partial charge in [0.1, 0.15) is 12.6 Å². The quantitative estimate of drug-likeness (QED) is 0.0257. The van der Waals surface area contributed by atoms with Crippen LogP contribution in [0.25, 0.3) is 0 Å². The Kier molecular flexibility index (Phi) is 94.0. The van der Waals surface area contributed by atoms with Crippen molar-refractivity contribution in [3.63, 3.8) is 0 Å². The van der Waals surface area contributed by atoms with Gasteiger partial charge in [-0.15, -0.1) is 0 Å². The molecule has 0 bridgehead atoms. The van der Waals surface area contributed by atoms with E-state index in [1.165, 1.54) is 295 Å². The zero-order valence-corrected chi connectivity index (χ0v) is 82.2. The van der Waals surface area contributed by atoms with E-state index >= 15 is 0 Å². The summed E-state index contributed by atoms with van der Waals surface area (Å²) in [5.41, 5.74) is 0. The Hall–Kier alpha value is -1.03. The van der Waals surface area contributed by atoms with Crippen LogP contribution in [-0.2, 0) is 46.2 Å². The number of carbonyl (C=O) groups is 2. The van der Waals surface area contributed by atoms with E-state index < -0.39 is 17.1 Å². The van der Waals surface area contributed by atoms with Crippen LogP contribution >= 0.6 is 0 Å². The van der Waals surface area contributed by atoms with E-state index in [-0.39, 0.29) is 49.6 Å². The standard InChI is InChI=1S/2C50H103NO6Si/c2*1-7-11-15-19-22-29-39-48(38-28-18-14-10-4)50(53)55-46-36-26-23-31-41-51(43-33-34-44-52)42-32-24-27-37-47-56-58(5,6)57-49(40-30-21-17-13-9-3)54-45-35-25-20-16-12-8-2/h2*48-49,52H,7-47H2,1-6H3. The molecule has 4 unspecified atom stereocenters. The molecular weight excluding hydrogens is 1480 g/mol. The van der Waals surface area contributed by atoms with E-state index in [1.54, 1.807) is 0 Å². The van der Waals surface area contributed by atoms with Gasteiger partial charge in [-0.1, -0.05) is 351 Å². The first-order valence-corrected chi connectivity index (χ1v) is 57.2. The summed E-state index contributed by atoms with van der Waals surface area (Å²) in [6.45, 7) is 38.3. The van der Waals surface area contributed by atoms with Crippen LogP contribution in [0, 0.1) is 11.8 Å². The molecule has 16 heteroatoms. The monoisotopic (exact) mass is 1680 g/mol. The number of carbonyl (C=O) groups excluding carboxylic acids is 2. The topological polar surface area (TPSA) is 155 Å². The van der Waals surface area contributed by atoms with Crippen molar-refractivity contribution in [2.75, 3.05) is 92.1 Å². The van der Waals surface area contributed by atoms with E-state index in [2.05, 4.69) is 91.4 Å². The highest BCUT2D eigenvalue weighted by atomic mass is 28.4. The maximum Gasteiger partial charge on any atom is 0.333 e. The second-order valence-electron chi connectivity index (χ2n) is 36.0. The molecule has 0 aliphatic heterocycles. The predicted octanol–water partition coefficient (Wildman–Crippen LogP) is 29.7. The van der Waals surface area contributed by atoms with E-state index in [1.807, 2.05) is 0 Å². The third kappa shape index (κ3) is 85.2. The van der Waals surface area contributed by atoms with E-state index in [9.17, 15) is 19.8 Å². The summed E-state index contributed by atoms with van der Waals surface area (Å²) in [5, 5.41) is 18.7. The lowest BCUT2D eigenvalue weighted by molar-refractivity contribution is -0.150. The molecule has 0 aromatic rings. The Bertz CT molecular complexity index is 1800. The zero-order chi connectivity index (χ0) is 85.3. The fraction of sp³-hybridized carbons (Fsp3) is 0.980. The van der Waals surface area contributed by atoms with E-state index in [4.69, 9.17) is 36.7 Å². The van der Waals surface area contributed by atoms with Gasteiger partial charge in [-0.3, -0.25) is 9.59 Å². The fourth-order valence-corrected chi connectivity index (χ4v) is 18.8. The molecule has 0 aromatic carbocycles. The molecular formula is C100H206N2O12Si2. The van der Waals surface area contributed by atoms with Crippen molar-refractivity contribution in [1.29, 1.82) is 0 Å². The number of rotatable bonds is 96. The molecule has 0 spiro atoms. The molecule has 0 saturated heterocycles. The van der Waals surface area contributed by atoms with Crippen molar-refractivity contribution in [3.8, 4) is 0 Å². The molecule has 14 nitrogen and oxygen atoms in total. The summed E-state index contributed by atoms with van der Waals surface area (Å²) < 4.78 is 50.3. The number of aliphatic hydroxyl groups excluding tert-OH is 2. The average Bonchev–Trinajstić information content (AvgIpc) is 0.903. The largest absolute Gasteiger partial charge is 0.465 e. The van der Waals surface area contributed by atoms with Crippen molar-refractivity contribution in [2.24, 2.45) is 11.8 Å². The first kappa shape index (κ1) is 117. The van der Waals surface area contributed by atoms with Crippen molar-refractivity contribution >= 4 is 29.1 Å². The van der Waals surface area contributed by atoms with E-state index in [0.29, 0.717) is 13.2 Å². The summed E-state index contributed by atoms with van der Waals surface area (Å²) in [5.74, 6) is 0.314. The van der Waals surface area contributed by atoms with Gasteiger partial charge in [0.05, 0.1) is 25.0 Å². The van der Waals surface area contributed by atoms with Crippen LogP contribution in [0.3, 0.4) is 0 Å². The highest BCUT2D eigenvalue weighted by molar-refractivity contribution is 6.64. The molecule has 0 radical (unpaired) electrons. The van der Waals surface area contributed by atoms with Gasteiger partial charge in [-0.05, 0) is 207 Å². The highest BCUT2D eigenvalue weighted by Crippen LogP contribution is 2.26. The van der Waals surface area contributed by atoms with Crippen molar-refractivity contribution < 1.29 is 56.5 Å². The zero-order valence-electron chi connectivity index (χ0n) is 80.2. The minimum atomic E-state index is -2.27. The first-order chi connectivity index (χ1) is 56.7. The SMILES string of the molecule is CCCCCCCCOC(CCCCCCC)O[Si](C)(C)OCCCCCCN(CCCCO)CCCCCCOC(=O)C(CCCCCC)CCCCCCCC.CCCCCCCCOC(CCCCCCC)O[Si](C)(C)OCCCCCCN(CCCCO)CCCCCCOC(=O)C(CCCCCC)CCCCCCCC. The number of hydrogen-bond acceptors (Lipinski definition) is 14. The van der Waals surface area contributed by atoms with Gasteiger partial charge in [0.2, 0.25) is 0 Å². The van der Waals surface area contributed by atoms with Crippen LogP contribution in [-0.4, -0.2) is 154 Å². The lowest BCUT2D eigenvalue weighted by Gasteiger charge is -2.29. The van der Waals surface area contributed by atoms with Gasteiger partial charge in [-0.2, -0.15) is 0 Å². The molecule has 0 aliphatic carbocycles. The molecule has 116 heavy (non-hydrogen) atoms. The number of hydrogen-bond donors (Lipinski definition) is 2. The molecule has 696 valence electrons. The van der Waals surface area contributed by atoms with Gasteiger partial charge in [0.15, 0.2) is 0 Å². The smallest absolute Gasteiger partial charge is 0.333 e. The number of nitrogens with zero attached hydrogens (tertiary/aromatic N) is 2. The maximum atomic E-state index is 13.0. The fourth-order valence-electron chi connectivity index (χ4n) is 15.8. The van der Waals surface area contributed by atoms with Crippen LogP contribution in [0.2, 0.25) is 26.2 Å². The first-order valence-electron chi connectivity index (χ1n) is 51.5. The minimum Gasteiger partial charge on any atom is -0.465 e. The van der Waals surface area contributed by atoms with Gasteiger partial charge < -0.3 is 56.7 Å². The molecule has 0 amide bonds. The van der Waals surface area contributed by atoms with Crippen LogP contribution in [0.5, 0.6) is 0 Å². The highest BCUT2D eigenvalue weighted by Gasteiger charge is 2.31. The number of aliphatic hydroxyl groups is 2. The molecule has 0 saturated carbocycles. The van der Waals surface area contributed by atoms with Gasteiger partial charge in [0, 0.05) is 39.6 Å². The molecule has 2 N–H and O–H groups in total. The Morgan fingerprint density at radius 3 is 0.698 bits per heavy atom. The third-order valence-corrected chi connectivity index (χ3v) is 26.9. The lowest BCUT2D eigenvalue weighted by atomic mass is 9.94. The summed E-state index contributed by atoms with van der Waals surface area (Å²) in [7, 11) is -4.53. The summed E-state index contributed by atoms with van der Waals surface area (Å²) in [6.07, 6.45) is 80.7. The lowest BCUT2D eigenvalue weighted by Crippen LogP contribution is -2.40. The summed E-state index contributed by atoms with van der Waals surface area (Å²) in [6, 6.07) is 0. The van der Waals surface area contributed by atoms with Crippen LogP contribution in [0.15, 0.2) is 0 Å². The average molecular weight is 1680 g/mol. The van der Waals surface area contributed by atoms with Crippen molar-refractivity contribution in [3.05, 3.63) is 0 Å². The molecule has 0 rings (SSSR count). The van der Waals surface area contributed by atoms with Crippen LogP contribution < -0.4 is 0 Å². The number of unbranched alkanes of at least 4 members (excludes halogenated alkanes) is 48. The van der Waals surface area contributed by atoms with Crippen molar-refractivity contribution in [2.45, 2.75) is 531 Å². The number of esters is 2. The molecule has 4 atom stereocenters. The molecule has 0 fully saturated rings. The molecule has 0 aliphatic rings. The minimum absolute atomic E-state index is 0.0617. The van der Waals surface area contributed by atoms with Crippen LogP contribution in [0.1, 0.15) is 492 Å². The second-order valence-corrected chi connectivity index (χ2v) is 42.7. The third-order valence-electron chi connectivity index (χ3n) is 23.4.